The average molecular weight is 390 g/mol. The van der Waals surface area contributed by atoms with E-state index in [0.29, 0.717) is 17.8 Å². The molecule has 5 heteroatoms. The maximum atomic E-state index is 13.3. The fourth-order valence-corrected chi connectivity index (χ4v) is 3.60. The molecule has 1 heterocycles. The van der Waals surface area contributed by atoms with Gasteiger partial charge in [-0.25, -0.2) is 4.79 Å². The molecule has 2 aromatic carbocycles. The Bertz CT molecular complexity index is 1140. The normalized spacial score (nSPS) is 11.6. The highest BCUT2D eigenvalue weighted by Gasteiger charge is 2.18. The molecule has 3 N–H and O–H groups in total. The summed E-state index contributed by atoms with van der Waals surface area (Å²) in [5, 5.41) is 10.3. The first-order chi connectivity index (χ1) is 13.8. The summed E-state index contributed by atoms with van der Waals surface area (Å²) in [5.74, 6) is -0.724. The molecule has 29 heavy (non-hydrogen) atoms. The van der Waals surface area contributed by atoms with E-state index in [1.54, 1.807) is 16.7 Å². The van der Waals surface area contributed by atoms with E-state index in [-0.39, 0.29) is 12.1 Å². The molecular formula is C24H26N2O3. The summed E-state index contributed by atoms with van der Waals surface area (Å²) >= 11 is 0. The molecule has 3 rings (SSSR count). The van der Waals surface area contributed by atoms with E-state index in [0.717, 1.165) is 39.4 Å². The molecule has 0 aliphatic heterocycles. The maximum Gasteiger partial charge on any atom is 0.328 e. The van der Waals surface area contributed by atoms with Gasteiger partial charge in [-0.05, 0) is 47.6 Å². The second-order valence-electron chi connectivity index (χ2n) is 7.68. The highest BCUT2D eigenvalue weighted by Crippen LogP contribution is 2.32. The van der Waals surface area contributed by atoms with Crippen molar-refractivity contribution in [2.24, 2.45) is 11.7 Å². The topological polar surface area (TPSA) is 85.3 Å². The lowest BCUT2D eigenvalue weighted by atomic mass is 9.94. The predicted molar refractivity (Wildman–Crippen MR) is 118 cm³/mol. The monoisotopic (exact) mass is 390 g/mol. The van der Waals surface area contributed by atoms with Gasteiger partial charge in [0.1, 0.15) is 0 Å². The molecule has 3 aromatic rings. The number of hydrogen-bond donors (Lipinski definition) is 2. The molecule has 0 atom stereocenters. The average Bonchev–Trinajstić information content (AvgIpc) is 2.68. The number of aromatic nitrogens is 1. The molecule has 0 fully saturated rings. The van der Waals surface area contributed by atoms with Gasteiger partial charge in [-0.15, -0.1) is 0 Å². The molecule has 0 aliphatic carbocycles. The van der Waals surface area contributed by atoms with Crippen LogP contribution in [0, 0.1) is 12.8 Å². The first-order valence-electron chi connectivity index (χ1n) is 9.69. The summed E-state index contributed by atoms with van der Waals surface area (Å²) in [6.45, 7) is 6.99. The number of carboxylic acid groups (broad SMARTS) is 1. The number of fused-ring (bicyclic) bond motifs is 1. The summed E-state index contributed by atoms with van der Waals surface area (Å²) in [6.07, 6.45) is 2.62. The van der Waals surface area contributed by atoms with E-state index in [1.165, 1.54) is 6.08 Å². The van der Waals surface area contributed by atoms with Crippen molar-refractivity contribution >= 4 is 22.8 Å². The van der Waals surface area contributed by atoms with Gasteiger partial charge in [-0.3, -0.25) is 4.79 Å². The summed E-state index contributed by atoms with van der Waals surface area (Å²) < 4.78 is 1.79. The van der Waals surface area contributed by atoms with Crippen molar-refractivity contribution in [1.29, 1.82) is 0 Å². The summed E-state index contributed by atoms with van der Waals surface area (Å²) in [7, 11) is 0. The van der Waals surface area contributed by atoms with Crippen molar-refractivity contribution in [3.63, 3.8) is 0 Å². The van der Waals surface area contributed by atoms with Gasteiger partial charge in [0, 0.05) is 35.8 Å². The van der Waals surface area contributed by atoms with Gasteiger partial charge in [0.25, 0.3) is 5.56 Å². The number of benzene rings is 2. The van der Waals surface area contributed by atoms with E-state index in [4.69, 9.17) is 10.8 Å². The Kier molecular flexibility index (Phi) is 5.99. The van der Waals surface area contributed by atoms with Gasteiger partial charge >= 0.3 is 5.97 Å². The van der Waals surface area contributed by atoms with Crippen LogP contribution in [0.1, 0.15) is 30.7 Å². The highest BCUT2D eigenvalue weighted by atomic mass is 16.4. The van der Waals surface area contributed by atoms with E-state index >= 15 is 0 Å². The zero-order chi connectivity index (χ0) is 21.1. The quantitative estimate of drug-likeness (QED) is 0.618. The lowest BCUT2D eigenvalue weighted by molar-refractivity contribution is -0.131. The molecule has 150 valence electrons. The lowest BCUT2D eigenvalue weighted by Gasteiger charge is -2.21. The Balaban J connectivity index is 2.41. The van der Waals surface area contributed by atoms with Crippen molar-refractivity contribution in [1.82, 2.24) is 4.57 Å². The Labute approximate surface area is 170 Å². The van der Waals surface area contributed by atoms with Crippen LogP contribution in [-0.4, -0.2) is 15.6 Å². The smallest absolute Gasteiger partial charge is 0.328 e. The summed E-state index contributed by atoms with van der Waals surface area (Å²) in [5.41, 5.74) is 10.6. The molecular weight excluding hydrogens is 364 g/mol. The molecule has 0 aliphatic rings. The Hall–Kier alpha value is -3.18. The van der Waals surface area contributed by atoms with Crippen LogP contribution in [0.4, 0.5) is 0 Å². The third-order valence-electron chi connectivity index (χ3n) is 4.90. The number of nitrogens with two attached hydrogens (primary N) is 1. The van der Waals surface area contributed by atoms with Gasteiger partial charge in [0.15, 0.2) is 0 Å². The van der Waals surface area contributed by atoms with Crippen molar-refractivity contribution in [3.05, 3.63) is 75.7 Å². The predicted octanol–water partition coefficient (Wildman–Crippen LogP) is 4.19. The Morgan fingerprint density at radius 1 is 1.14 bits per heavy atom. The number of nitrogens with zero attached hydrogens (tertiary/aromatic N) is 1. The fourth-order valence-electron chi connectivity index (χ4n) is 3.60. The highest BCUT2D eigenvalue weighted by molar-refractivity contribution is 5.99. The fraction of sp³-hybridized carbons (Fsp3) is 0.250. The Morgan fingerprint density at radius 3 is 2.41 bits per heavy atom. The third kappa shape index (κ3) is 4.30. The van der Waals surface area contributed by atoms with Crippen LogP contribution in [0.3, 0.4) is 0 Å². The van der Waals surface area contributed by atoms with Crippen LogP contribution in [0.25, 0.3) is 28.0 Å². The number of carbonyl (C=O) groups is 1. The van der Waals surface area contributed by atoms with Crippen LogP contribution in [0.15, 0.2) is 53.3 Å². The Morgan fingerprint density at radius 2 is 1.83 bits per heavy atom. The van der Waals surface area contributed by atoms with E-state index in [9.17, 15) is 9.59 Å². The molecule has 0 spiro atoms. The van der Waals surface area contributed by atoms with Gasteiger partial charge in [0.2, 0.25) is 0 Å². The first-order valence-corrected chi connectivity index (χ1v) is 9.69. The summed E-state index contributed by atoms with van der Waals surface area (Å²) in [4.78, 5) is 24.2. The zero-order valence-electron chi connectivity index (χ0n) is 17.0. The van der Waals surface area contributed by atoms with E-state index in [2.05, 4.69) is 13.8 Å². The van der Waals surface area contributed by atoms with Crippen molar-refractivity contribution in [2.45, 2.75) is 33.9 Å². The molecule has 5 nitrogen and oxygen atoms in total. The van der Waals surface area contributed by atoms with Crippen LogP contribution >= 0.6 is 0 Å². The third-order valence-corrected chi connectivity index (χ3v) is 4.90. The largest absolute Gasteiger partial charge is 0.478 e. The minimum Gasteiger partial charge on any atom is -0.478 e. The molecule has 0 radical (unpaired) electrons. The van der Waals surface area contributed by atoms with Crippen molar-refractivity contribution in [2.75, 3.05) is 0 Å². The molecule has 0 bridgehead atoms. The van der Waals surface area contributed by atoms with Crippen molar-refractivity contribution < 1.29 is 9.90 Å². The number of hydrogen-bond acceptors (Lipinski definition) is 3. The van der Waals surface area contributed by atoms with Gasteiger partial charge in [0.05, 0.1) is 0 Å². The van der Waals surface area contributed by atoms with Crippen LogP contribution in [-0.2, 0) is 17.9 Å². The van der Waals surface area contributed by atoms with Gasteiger partial charge in [-0.1, -0.05) is 49.7 Å². The lowest BCUT2D eigenvalue weighted by Crippen LogP contribution is -2.28. The van der Waals surface area contributed by atoms with E-state index in [1.807, 2.05) is 37.3 Å². The number of rotatable bonds is 6. The van der Waals surface area contributed by atoms with Crippen LogP contribution in [0.5, 0.6) is 0 Å². The first kappa shape index (κ1) is 20.6. The van der Waals surface area contributed by atoms with Crippen LogP contribution in [0.2, 0.25) is 0 Å². The molecule has 0 saturated carbocycles. The second kappa shape index (κ2) is 8.45. The summed E-state index contributed by atoms with van der Waals surface area (Å²) in [6, 6.07) is 13.5. The molecule has 1 aromatic heterocycles. The maximum absolute atomic E-state index is 13.3. The standard InChI is InChI=1S/C24H26N2O3/c1-15(2)14-26-21(13-25)23(18-8-4-16(3)5-9-18)20-12-17(7-11-22(27)28)6-10-19(20)24(26)29/h4-12,15H,13-14,25H2,1-3H3,(H,27,28). The minimum absolute atomic E-state index is 0.0706. The number of carboxylic acids is 1. The number of aliphatic carboxylic acids is 1. The molecule has 0 amide bonds. The van der Waals surface area contributed by atoms with Crippen LogP contribution < -0.4 is 11.3 Å². The van der Waals surface area contributed by atoms with Gasteiger partial charge in [-0.2, -0.15) is 0 Å². The molecule has 0 saturated heterocycles. The van der Waals surface area contributed by atoms with Gasteiger partial charge < -0.3 is 15.4 Å². The number of pyridine rings is 1. The van der Waals surface area contributed by atoms with Crippen molar-refractivity contribution in [3.8, 4) is 11.1 Å². The minimum atomic E-state index is -1.01. The van der Waals surface area contributed by atoms with E-state index < -0.39 is 5.97 Å². The number of aryl methyl sites for hydroxylation is 1. The molecule has 0 unspecified atom stereocenters. The zero-order valence-corrected chi connectivity index (χ0v) is 17.0. The second-order valence-corrected chi connectivity index (χ2v) is 7.68. The SMILES string of the molecule is Cc1ccc(-c2c(CN)n(CC(C)C)c(=O)c3ccc(C=CC(=O)O)cc23)cc1.